The summed E-state index contributed by atoms with van der Waals surface area (Å²) in [6.07, 6.45) is 0. The maximum absolute atomic E-state index is 13.4. The van der Waals surface area contributed by atoms with Gasteiger partial charge in [0, 0.05) is 17.8 Å². The van der Waals surface area contributed by atoms with Crippen LogP contribution >= 0.6 is 0 Å². The van der Waals surface area contributed by atoms with Crippen molar-refractivity contribution in [3.63, 3.8) is 0 Å². The Kier molecular flexibility index (Phi) is 4.01. The van der Waals surface area contributed by atoms with Crippen LogP contribution in [0, 0.1) is 11.6 Å². The molecule has 0 aliphatic rings. The Hall–Kier alpha value is -1.99. The molecule has 0 amide bonds. The number of halogens is 2. The number of rotatable bonds is 4. The minimum atomic E-state index is -3.74. The fraction of sp³-hybridized carbons (Fsp3) is 0.0769. The highest BCUT2D eigenvalue weighted by molar-refractivity contribution is 7.89. The Labute approximate surface area is 115 Å². The van der Waals surface area contributed by atoms with Crippen LogP contribution in [0.15, 0.2) is 47.4 Å². The van der Waals surface area contributed by atoms with E-state index in [1.54, 1.807) is 0 Å². The van der Waals surface area contributed by atoms with Gasteiger partial charge < -0.3 is 5.32 Å². The highest BCUT2D eigenvalue weighted by Crippen LogP contribution is 2.15. The zero-order valence-corrected chi connectivity index (χ0v) is 11.1. The Morgan fingerprint density at radius 1 is 1.05 bits per heavy atom. The van der Waals surface area contributed by atoms with Crippen molar-refractivity contribution in [1.29, 1.82) is 0 Å². The van der Waals surface area contributed by atoms with Crippen molar-refractivity contribution >= 4 is 15.7 Å². The van der Waals surface area contributed by atoms with Gasteiger partial charge in [0.05, 0.1) is 4.90 Å². The van der Waals surface area contributed by atoms with E-state index >= 15 is 0 Å². The largest absolute Gasteiger partial charge is 0.381 e. The predicted molar refractivity (Wildman–Crippen MR) is 71.5 cm³/mol. The lowest BCUT2D eigenvalue weighted by Gasteiger charge is -2.08. The zero-order chi connectivity index (χ0) is 14.8. The first-order valence-electron chi connectivity index (χ1n) is 5.67. The monoisotopic (exact) mass is 298 g/mol. The predicted octanol–water partition coefficient (Wildman–Crippen LogP) is 2.22. The van der Waals surface area contributed by atoms with Gasteiger partial charge in [0.1, 0.15) is 11.6 Å². The third-order valence-corrected chi connectivity index (χ3v) is 3.60. The van der Waals surface area contributed by atoms with Crippen molar-refractivity contribution in [3.8, 4) is 0 Å². The number of nitrogens with one attached hydrogen (secondary N) is 1. The maximum atomic E-state index is 13.4. The molecule has 20 heavy (non-hydrogen) atoms. The van der Waals surface area contributed by atoms with E-state index in [-0.39, 0.29) is 17.0 Å². The molecule has 0 fully saturated rings. The lowest BCUT2D eigenvalue weighted by Crippen LogP contribution is -2.12. The highest BCUT2D eigenvalue weighted by Gasteiger charge is 2.07. The van der Waals surface area contributed by atoms with Gasteiger partial charge in [-0.1, -0.05) is 0 Å². The number of sulfonamides is 1. The molecule has 0 radical (unpaired) electrons. The Bertz CT molecular complexity index is 716. The quantitative estimate of drug-likeness (QED) is 0.909. The van der Waals surface area contributed by atoms with Gasteiger partial charge in [-0.25, -0.2) is 22.3 Å². The lowest BCUT2D eigenvalue weighted by atomic mass is 10.2. The summed E-state index contributed by atoms with van der Waals surface area (Å²) < 4.78 is 48.5. The van der Waals surface area contributed by atoms with Gasteiger partial charge in [-0.15, -0.1) is 0 Å². The molecule has 0 heterocycles. The Morgan fingerprint density at radius 3 is 2.30 bits per heavy atom. The van der Waals surface area contributed by atoms with Crippen LogP contribution in [0.4, 0.5) is 14.5 Å². The first-order valence-corrected chi connectivity index (χ1v) is 7.21. The summed E-state index contributed by atoms with van der Waals surface area (Å²) in [4.78, 5) is -0.0139. The Balaban J connectivity index is 2.10. The van der Waals surface area contributed by atoms with Crippen molar-refractivity contribution in [2.24, 2.45) is 5.14 Å². The van der Waals surface area contributed by atoms with E-state index in [1.165, 1.54) is 24.3 Å². The number of primary sulfonamides is 1. The fourth-order valence-corrected chi connectivity index (χ4v) is 2.15. The van der Waals surface area contributed by atoms with E-state index in [1.807, 2.05) is 0 Å². The topological polar surface area (TPSA) is 72.2 Å². The summed E-state index contributed by atoms with van der Waals surface area (Å²) in [5.41, 5.74) is 0.751. The van der Waals surface area contributed by atoms with Crippen LogP contribution in [0.3, 0.4) is 0 Å². The molecular formula is C13H12F2N2O2S. The van der Waals surface area contributed by atoms with Crippen molar-refractivity contribution in [1.82, 2.24) is 0 Å². The smallest absolute Gasteiger partial charge is 0.238 e. The molecule has 2 aromatic carbocycles. The van der Waals surface area contributed by atoms with Crippen LogP contribution < -0.4 is 10.5 Å². The van der Waals surface area contributed by atoms with Crippen LogP contribution in [0.1, 0.15) is 5.56 Å². The standard InChI is InChI=1S/C13H12F2N2O2S/c14-10-1-6-13(15)9(7-10)8-17-11-2-4-12(5-3-11)20(16,18)19/h1-7,17H,8H2,(H2,16,18,19). The summed E-state index contributed by atoms with van der Waals surface area (Å²) in [5.74, 6) is -1.03. The highest BCUT2D eigenvalue weighted by atomic mass is 32.2. The molecule has 0 saturated carbocycles. The summed E-state index contributed by atoms with van der Waals surface area (Å²) in [7, 11) is -3.74. The van der Waals surface area contributed by atoms with Gasteiger partial charge in [0.25, 0.3) is 0 Å². The van der Waals surface area contributed by atoms with Gasteiger partial charge in [0.2, 0.25) is 10.0 Å². The number of hydrogen-bond donors (Lipinski definition) is 2. The summed E-state index contributed by atoms with van der Waals surface area (Å²) >= 11 is 0. The molecule has 0 aromatic heterocycles. The molecule has 0 atom stereocenters. The summed E-state index contributed by atoms with van der Waals surface area (Å²) in [6, 6.07) is 8.85. The second kappa shape index (κ2) is 5.56. The van der Waals surface area contributed by atoms with E-state index in [4.69, 9.17) is 5.14 Å². The molecule has 106 valence electrons. The van der Waals surface area contributed by atoms with E-state index in [2.05, 4.69) is 5.32 Å². The normalized spacial score (nSPS) is 11.3. The Morgan fingerprint density at radius 2 is 1.70 bits per heavy atom. The van der Waals surface area contributed by atoms with Crippen molar-refractivity contribution in [2.75, 3.05) is 5.32 Å². The molecule has 3 N–H and O–H groups in total. The van der Waals surface area contributed by atoms with Gasteiger partial charge in [0.15, 0.2) is 0 Å². The summed E-state index contributed by atoms with van der Waals surface area (Å²) in [5, 5.41) is 7.83. The molecule has 2 rings (SSSR count). The van der Waals surface area contributed by atoms with E-state index < -0.39 is 21.7 Å². The first kappa shape index (κ1) is 14.4. The van der Waals surface area contributed by atoms with Crippen LogP contribution in [-0.2, 0) is 16.6 Å². The van der Waals surface area contributed by atoms with E-state index in [9.17, 15) is 17.2 Å². The van der Waals surface area contributed by atoms with Gasteiger partial charge in [-0.3, -0.25) is 0 Å². The van der Waals surface area contributed by atoms with Crippen LogP contribution in [0.2, 0.25) is 0 Å². The lowest BCUT2D eigenvalue weighted by molar-refractivity contribution is 0.587. The average Bonchev–Trinajstić information content (AvgIpc) is 2.39. The fourth-order valence-electron chi connectivity index (χ4n) is 1.64. The molecule has 4 nitrogen and oxygen atoms in total. The first-order chi connectivity index (χ1) is 9.36. The second-order valence-electron chi connectivity index (χ2n) is 4.16. The molecule has 7 heteroatoms. The molecule has 0 aliphatic carbocycles. The number of anilines is 1. The SMILES string of the molecule is NS(=O)(=O)c1ccc(NCc2cc(F)ccc2F)cc1. The number of benzene rings is 2. The van der Waals surface area contributed by atoms with Crippen molar-refractivity contribution in [3.05, 3.63) is 59.7 Å². The molecular weight excluding hydrogens is 286 g/mol. The van der Waals surface area contributed by atoms with Gasteiger partial charge in [-0.05, 0) is 42.5 Å². The maximum Gasteiger partial charge on any atom is 0.238 e. The van der Waals surface area contributed by atoms with Crippen LogP contribution in [-0.4, -0.2) is 8.42 Å². The number of hydrogen-bond acceptors (Lipinski definition) is 3. The van der Waals surface area contributed by atoms with E-state index in [0.717, 1.165) is 18.2 Å². The second-order valence-corrected chi connectivity index (χ2v) is 5.72. The summed E-state index contributed by atoms with van der Waals surface area (Å²) in [6.45, 7) is 0.0817. The molecule has 2 aromatic rings. The van der Waals surface area contributed by atoms with Crippen molar-refractivity contribution < 1.29 is 17.2 Å². The molecule has 0 unspecified atom stereocenters. The van der Waals surface area contributed by atoms with Gasteiger partial charge in [-0.2, -0.15) is 0 Å². The number of nitrogens with two attached hydrogens (primary N) is 1. The molecule has 0 bridgehead atoms. The third-order valence-electron chi connectivity index (χ3n) is 2.67. The van der Waals surface area contributed by atoms with Crippen LogP contribution in [0.25, 0.3) is 0 Å². The molecule has 0 saturated heterocycles. The minimum Gasteiger partial charge on any atom is -0.381 e. The molecule has 0 aliphatic heterocycles. The van der Waals surface area contributed by atoms with E-state index in [0.29, 0.717) is 5.69 Å². The zero-order valence-electron chi connectivity index (χ0n) is 10.3. The minimum absolute atomic E-state index is 0.0139. The van der Waals surface area contributed by atoms with Gasteiger partial charge >= 0.3 is 0 Å². The van der Waals surface area contributed by atoms with Crippen molar-refractivity contribution in [2.45, 2.75) is 11.4 Å². The third kappa shape index (κ3) is 3.52. The van der Waals surface area contributed by atoms with Crippen LogP contribution in [0.5, 0.6) is 0 Å². The molecule has 0 spiro atoms. The average molecular weight is 298 g/mol.